The molecule has 0 fully saturated rings. The minimum absolute atomic E-state index is 0.0251. The Morgan fingerprint density at radius 2 is 2.06 bits per heavy atom. The first kappa shape index (κ1) is 10.1. The summed E-state index contributed by atoms with van der Waals surface area (Å²) in [6.45, 7) is 0.539. The van der Waals surface area contributed by atoms with Crippen molar-refractivity contribution in [2.45, 2.75) is 6.54 Å². The van der Waals surface area contributed by atoms with Crippen LogP contribution in [0.2, 0.25) is 0 Å². The highest BCUT2D eigenvalue weighted by Gasteiger charge is 2.01. The second-order valence-electron chi connectivity index (χ2n) is 3.33. The Kier molecular flexibility index (Phi) is 2.79. The Morgan fingerprint density at radius 3 is 2.75 bits per heavy atom. The van der Waals surface area contributed by atoms with E-state index in [1.807, 2.05) is 16.7 Å². The van der Waals surface area contributed by atoms with Gasteiger partial charge in [0.15, 0.2) is 5.43 Å². The van der Waals surface area contributed by atoms with Crippen LogP contribution in [0.1, 0.15) is 11.3 Å². The van der Waals surface area contributed by atoms with Gasteiger partial charge in [-0.05, 0) is 6.07 Å². The molecule has 0 spiro atoms. The maximum atomic E-state index is 10.9. The fraction of sp³-hybridized carbons (Fsp3) is 0.0833. The molecule has 78 valence electrons. The van der Waals surface area contributed by atoms with Crippen LogP contribution >= 0.6 is 0 Å². The van der Waals surface area contributed by atoms with Gasteiger partial charge in [0.05, 0.1) is 0 Å². The Bertz CT molecular complexity index is 575. The average molecular weight is 211 g/mol. The minimum atomic E-state index is -0.0251. The van der Waals surface area contributed by atoms with Crippen LogP contribution < -0.4 is 5.43 Å². The Hall–Kier alpha value is -2.41. The van der Waals surface area contributed by atoms with Gasteiger partial charge in [0, 0.05) is 42.8 Å². The molecule has 0 saturated heterocycles. The molecule has 0 saturated carbocycles. The molecule has 16 heavy (non-hydrogen) atoms. The Morgan fingerprint density at radius 1 is 1.31 bits per heavy atom. The van der Waals surface area contributed by atoms with Crippen LogP contribution in [0.25, 0.3) is 0 Å². The molecule has 0 unspecified atom stereocenters. The molecule has 0 bridgehead atoms. The third kappa shape index (κ3) is 2.15. The van der Waals surface area contributed by atoms with E-state index >= 15 is 0 Å². The van der Waals surface area contributed by atoms with Crippen LogP contribution in [0.3, 0.4) is 0 Å². The molecule has 2 aromatic rings. The number of aromatic nitrogens is 2. The summed E-state index contributed by atoms with van der Waals surface area (Å²) >= 11 is 0. The smallest absolute Gasteiger partial charge is 0.181 e. The van der Waals surface area contributed by atoms with Crippen LogP contribution in [-0.4, -0.2) is 9.55 Å². The van der Waals surface area contributed by atoms with Gasteiger partial charge in [0.25, 0.3) is 0 Å². The summed E-state index contributed by atoms with van der Waals surface area (Å²) < 4.78 is 1.83. The zero-order chi connectivity index (χ0) is 11.4. The predicted molar refractivity (Wildman–Crippen MR) is 58.8 cm³/mol. The van der Waals surface area contributed by atoms with E-state index in [0.29, 0.717) is 12.2 Å². The first-order chi connectivity index (χ1) is 7.79. The highest BCUT2D eigenvalue weighted by molar-refractivity contribution is 5.30. The third-order valence-electron chi connectivity index (χ3n) is 2.21. The highest BCUT2D eigenvalue weighted by Crippen LogP contribution is 2.05. The van der Waals surface area contributed by atoms with E-state index in [4.69, 9.17) is 5.26 Å². The van der Waals surface area contributed by atoms with Crippen LogP contribution in [0.4, 0.5) is 0 Å². The molecule has 2 aromatic heterocycles. The molecule has 0 aromatic carbocycles. The first-order valence-corrected chi connectivity index (χ1v) is 4.80. The Balaban J connectivity index is 2.31. The van der Waals surface area contributed by atoms with Gasteiger partial charge in [0.1, 0.15) is 11.8 Å². The van der Waals surface area contributed by atoms with Crippen molar-refractivity contribution in [3.63, 3.8) is 0 Å². The molecule has 0 aliphatic heterocycles. The fourth-order valence-corrected chi connectivity index (χ4v) is 1.41. The number of nitrogens with zero attached hydrogens (tertiary/aromatic N) is 3. The molecule has 0 aliphatic carbocycles. The summed E-state index contributed by atoms with van der Waals surface area (Å²) in [7, 11) is 0. The first-order valence-electron chi connectivity index (χ1n) is 4.80. The van der Waals surface area contributed by atoms with Crippen LogP contribution in [0.5, 0.6) is 0 Å². The lowest BCUT2D eigenvalue weighted by Crippen LogP contribution is -2.06. The van der Waals surface area contributed by atoms with Gasteiger partial charge in [0.2, 0.25) is 0 Å². The van der Waals surface area contributed by atoms with Gasteiger partial charge in [-0.1, -0.05) is 6.07 Å². The molecule has 4 heteroatoms. The summed E-state index contributed by atoms with van der Waals surface area (Å²) in [5.41, 5.74) is 1.23. The molecule has 4 nitrogen and oxygen atoms in total. The van der Waals surface area contributed by atoms with Crippen molar-refractivity contribution in [2.24, 2.45) is 0 Å². The van der Waals surface area contributed by atoms with E-state index in [9.17, 15) is 4.79 Å². The molecule has 0 radical (unpaired) electrons. The Labute approximate surface area is 92.4 Å². The van der Waals surface area contributed by atoms with Gasteiger partial charge in [-0.3, -0.25) is 4.79 Å². The van der Waals surface area contributed by atoms with Gasteiger partial charge in [-0.2, -0.15) is 5.26 Å². The standard InChI is InChI=1S/C12H9N3O/c13-8-12-10(2-1-5-14-12)9-15-6-3-11(16)4-7-15/h1-7H,9H2. The topological polar surface area (TPSA) is 58.7 Å². The van der Waals surface area contributed by atoms with Crippen molar-refractivity contribution in [2.75, 3.05) is 0 Å². The lowest BCUT2D eigenvalue weighted by molar-refractivity contribution is 0.782. The number of rotatable bonds is 2. The van der Waals surface area contributed by atoms with E-state index in [1.54, 1.807) is 24.7 Å². The normalized spacial score (nSPS) is 9.69. The van der Waals surface area contributed by atoms with Crippen LogP contribution in [0.15, 0.2) is 47.7 Å². The summed E-state index contributed by atoms with van der Waals surface area (Å²) in [6, 6.07) is 8.66. The number of hydrogen-bond acceptors (Lipinski definition) is 3. The van der Waals surface area contributed by atoms with Crippen LogP contribution in [0, 0.1) is 11.3 Å². The zero-order valence-corrected chi connectivity index (χ0v) is 8.50. The zero-order valence-electron chi connectivity index (χ0n) is 8.50. The summed E-state index contributed by atoms with van der Waals surface area (Å²) in [6.07, 6.45) is 4.97. The quantitative estimate of drug-likeness (QED) is 0.749. The molecular weight excluding hydrogens is 202 g/mol. The summed E-state index contributed by atoms with van der Waals surface area (Å²) in [4.78, 5) is 14.9. The van der Waals surface area contributed by atoms with Gasteiger partial charge in [-0.15, -0.1) is 0 Å². The van der Waals surface area contributed by atoms with Crippen molar-refractivity contribution < 1.29 is 0 Å². The van der Waals surface area contributed by atoms with Crippen LogP contribution in [-0.2, 0) is 6.54 Å². The maximum Gasteiger partial charge on any atom is 0.181 e. The van der Waals surface area contributed by atoms with Crippen molar-refractivity contribution in [3.05, 3.63) is 64.3 Å². The maximum absolute atomic E-state index is 10.9. The monoisotopic (exact) mass is 211 g/mol. The largest absolute Gasteiger partial charge is 0.350 e. The van der Waals surface area contributed by atoms with E-state index < -0.39 is 0 Å². The summed E-state index contributed by atoms with van der Waals surface area (Å²) in [5.74, 6) is 0. The molecule has 0 N–H and O–H groups in total. The lowest BCUT2D eigenvalue weighted by atomic mass is 10.2. The lowest BCUT2D eigenvalue weighted by Gasteiger charge is -2.06. The predicted octanol–water partition coefficient (Wildman–Crippen LogP) is 1.16. The van der Waals surface area contributed by atoms with Crippen molar-refractivity contribution in [3.8, 4) is 6.07 Å². The number of hydrogen-bond donors (Lipinski definition) is 0. The van der Waals surface area contributed by atoms with E-state index in [0.717, 1.165) is 5.56 Å². The van der Waals surface area contributed by atoms with Crippen molar-refractivity contribution >= 4 is 0 Å². The second kappa shape index (κ2) is 4.41. The molecule has 2 rings (SSSR count). The van der Waals surface area contributed by atoms with Gasteiger partial charge < -0.3 is 4.57 Å². The number of pyridine rings is 2. The van der Waals surface area contributed by atoms with E-state index in [2.05, 4.69) is 4.98 Å². The molecular formula is C12H9N3O. The molecule has 0 atom stereocenters. The molecule has 0 aliphatic rings. The molecule has 0 amide bonds. The summed E-state index contributed by atoms with van der Waals surface area (Å²) in [5, 5.41) is 8.87. The second-order valence-corrected chi connectivity index (χ2v) is 3.33. The van der Waals surface area contributed by atoms with E-state index in [1.165, 1.54) is 12.1 Å². The van der Waals surface area contributed by atoms with E-state index in [-0.39, 0.29) is 5.43 Å². The third-order valence-corrected chi connectivity index (χ3v) is 2.21. The van der Waals surface area contributed by atoms with Crippen molar-refractivity contribution in [1.29, 1.82) is 5.26 Å². The fourth-order valence-electron chi connectivity index (χ4n) is 1.41. The van der Waals surface area contributed by atoms with Gasteiger partial charge in [-0.25, -0.2) is 4.98 Å². The van der Waals surface area contributed by atoms with Gasteiger partial charge >= 0.3 is 0 Å². The SMILES string of the molecule is N#Cc1ncccc1Cn1ccc(=O)cc1. The average Bonchev–Trinajstić information content (AvgIpc) is 2.33. The highest BCUT2D eigenvalue weighted by atomic mass is 16.1. The van der Waals surface area contributed by atoms with Crippen molar-refractivity contribution in [1.82, 2.24) is 9.55 Å². The molecule has 2 heterocycles. The number of nitriles is 1. The minimum Gasteiger partial charge on any atom is -0.350 e.